The Morgan fingerprint density at radius 3 is 3.20 bits per heavy atom. The van der Waals surface area contributed by atoms with Crippen molar-refractivity contribution in [2.45, 2.75) is 6.42 Å². The van der Waals surface area contributed by atoms with Gasteiger partial charge in [0, 0.05) is 24.4 Å². The predicted molar refractivity (Wildman–Crippen MR) is 76.9 cm³/mol. The fourth-order valence-electron chi connectivity index (χ4n) is 2.34. The van der Waals surface area contributed by atoms with E-state index in [0.29, 0.717) is 35.7 Å². The highest BCUT2D eigenvalue weighted by molar-refractivity contribution is 7.00. The Balaban J connectivity index is 1.99. The van der Waals surface area contributed by atoms with E-state index in [4.69, 9.17) is 17.1 Å². The van der Waals surface area contributed by atoms with Crippen LogP contribution in [-0.2, 0) is 4.79 Å². The maximum Gasteiger partial charge on any atom is 0.227 e. The summed E-state index contributed by atoms with van der Waals surface area (Å²) in [4.78, 5) is 16.5. The normalized spacial score (nSPS) is 18.6. The fourth-order valence-corrected chi connectivity index (χ4v) is 3.13. The fraction of sp³-hybridized carbons (Fsp3) is 0.364. The second-order valence-electron chi connectivity index (χ2n) is 4.52. The van der Waals surface area contributed by atoms with E-state index < -0.39 is 0 Å². The molecule has 1 atom stereocenters. The SMILES string of the molecule is [N-]=[N+]=NCC1CC(=O)N(c2c(Cl)ccc3nsnc23)C1. The number of hydrogen-bond donors (Lipinski definition) is 0. The number of hydrogen-bond acceptors (Lipinski definition) is 5. The third kappa shape index (κ3) is 2.18. The zero-order valence-electron chi connectivity index (χ0n) is 10.2. The van der Waals surface area contributed by atoms with Crippen LogP contribution in [0.4, 0.5) is 5.69 Å². The van der Waals surface area contributed by atoms with E-state index in [1.165, 1.54) is 0 Å². The zero-order valence-corrected chi connectivity index (χ0v) is 11.8. The van der Waals surface area contributed by atoms with Gasteiger partial charge in [0.15, 0.2) is 0 Å². The minimum Gasteiger partial charge on any atom is -0.309 e. The van der Waals surface area contributed by atoms with E-state index in [1.54, 1.807) is 17.0 Å². The number of nitrogens with zero attached hydrogens (tertiary/aromatic N) is 6. The molecule has 9 heteroatoms. The van der Waals surface area contributed by atoms with Gasteiger partial charge in [-0.15, -0.1) is 0 Å². The molecule has 1 amide bonds. The summed E-state index contributed by atoms with van der Waals surface area (Å²) in [7, 11) is 0. The van der Waals surface area contributed by atoms with Gasteiger partial charge in [0.1, 0.15) is 11.0 Å². The molecule has 1 fully saturated rings. The molecule has 2 aromatic rings. The monoisotopic (exact) mass is 308 g/mol. The first kappa shape index (κ1) is 13.1. The van der Waals surface area contributed by atoms with E-state index in [-0.39, 0.29) is 11.8 Å². The summed E-state index contributed by atoms with van der Waals surface area (Å²) in [6.07, 6.45) is 0.350. The highest BCUT2D eigenvalue weighted by Gasteiger charge is 2.32. The molecule has 1 aliphatic heterocycles. The maximum atomic E-state index is 12.2. The summed E-state index contributed by atoms with van der Waals surface area (Å²) in [5.41, 5.74) is 10.3. The van der Waals surface area contributed by atoms with E-state index in [0.717, 1.165) is 17.2 Å². The molecular weight excluding hydrogens is 300 g/mol. The lowest BCUT2D eigenvalue weighted by molar-refractivity contribution is -0.117. The highest BCUT2D eigenvalue weighted by atomic mass is 35.5. The van der Waals surface area contributed by atoms with Gasteiger partial charge >= 0.3 is 0 Å². The molecule has 1 aliphatic rings. The molecule has 1 unspecified atom stereocenters. The quantitative estimate of drug-likeness (QED) is 0.495. The van der Waals surface area contributed by atoms with Gasteiger partial charge in [-0.3, -0.25) is 4.79 Å². The van der Waals surface area contributed by atoms with Crippen LogP contribution < -0.4 is 4.90 Å². The van der Waals surface area contributed by atoms with Gasteiger partial charge in [-0.2, -0.15) is 8.75 Å². The van der Waals surface area contributed by atoms with Crippen molar-refractivity contribution < 1.29 is 4.79 Å². The number of anilines is 1. The molecule has 0 bridgehead atoms. The lowest BCUT2D eigenvalue weighted by Gasteiger charge is -2.18. The maximum absolute atomic E-state index is 12.2. The van der Waals surface area contributed by atoms with Gasteiger partial charge in [-0.1, -0.05) is 16.7 Å². The molecule has 3 rings (SSSR count). The Bertz CT molecular complexity index is 725. The number of fused-ring (bicyclic) bond motifs is 1. The Morgan fingerprint density at radius 1 is 1.55 bits per heavy atom. The summed E-state index contributed by atoms with van der Waals surface area (Å²) < 4.78 is 8.37. The molecule has 1 aromatic carbocycles. The second-order valence-corrected chi connectivity index (χ2v) is 5.45. The van der Waals surface area contributed by atoms with Crippen LogP contribution in [-0.4, -0.2) is 27.7 Å². The van der Waals surface area contributed by atoms with Crippen molar-refractivity contribution in [2.75, 3.05) is 18.0 Å². The molecule has 20 heavy (non-hydrogen) atoms. The average molecular weight is 309 g/mol. The van der Waals surface area contributed by atoms with Crippen molar-refractivity contribution in [3.05, 3.63) is 27.6 Å². The lowest BCUT2D eigenvalue weighted by atomic mass is 10.1. The molecule has 0 N–H and O–H groups in total. The number of amides is 1. The van der Waals surface area contributed by atoms with Crippen LogP contribution in [0.2, 0.25) is 5.02 Å². The predicted octanol–water partition coefficient (Wildman–Crippen LogP) is 3.01. The Hall–Kier alpha value is -1.89. The van der Waals surface area contributed by atoms with Crippen molar-refractivity contribution in [1.82, 2.24) is 8.75 Å². The number of halogens is 1. The second kappa shape index (κ2) is 5.24. The number of carbonyl (C=O) groups excluding carboxylic acids is 1. The Labute approximate surface area is 123 Å². The Kier molecular flexibility index (Phi) is 3.43. The summed E-state index contributed by atoms with van der Waals surface area (Å²) in [5.74, 6) is -0.0261. The van der Waals surface area contributed by atoms with Crippen molar-refractivity contribution in [2.24, 2.45) is 11.0 Å². The highest BCUT2D eigenvalue weighted by Crippen LogP contribution is 2.36. The summed E-state index contributed by atoms with van der Waals surface area (Å²) >= 11 is 7.31. The topological polar surface area (TPSA) is 94.9 Å². The van der Waals surface area contributed by atoms with Gasteiger partial charge in [0.25, 0.3) is 0 Å². The van der Waals surface area contributed by atoms with Gasteiger partial charge in [0.05, 0.1) is 22.4 Å². The Morgan fingerprint density at radius 2 is 2.40 bits per heavy atom. The largest absolute Gasteiger partial charge is 0.309 e. The van der Waals surface area contributed by atoms with Crippen LogP contribution in [0, 0.1) is 5.92 Å². The third-order valence-corrected chi connectivity index (χ3v) is 4.08. The van der Waals surface area contributed by atoms with E-state index in [1.807, 2.05) is 0 Å². The first-order valence-corrected chi connectivity index (χ1v) is 7.03. The minimum absolute atomic E-state index is 0.0105. The first-order valence-electron chi connectivity index (χ1n) is 5.92. The van der Waals surface area contributed by atoms with E-state index in [9.17, 15) is 4.79 Å². The van der Waals surface area contributed by atoms with Crippen LogP contribution in [0.15, 0.2) is 17.2 Å². The summed E-state index contributed by atoms with van der Waals surface area (Å²) in [5, 5.41) is 4.01. The first-order chi connectivity index (χ1) is 9.70. The van der Waals surface area contributed by atoms with Crippen LogP contribution in [0.25, 0.3) is 21.5 Å². The molecule has 0 spiro atoms. The van der Waals surface area contributed by atoms with Crippen LogP contribution in [0.5, 0.6) is 0 Å². The van der Waals surface area contributed by atoms with E-state index >= 15 is 0 Å². The number of azide groups is 1. The molecule has 0 radical (unpaired) electrons. The van der Waals surface area contributed by atoms with Gasteiger partial charge in [-0.05, 0) is 23.6 Å². The van der Waals surface area contributed by atoms with Gasteiger partial charge < -0.3 is 4.90 Å². The van der Waals surface area contributed by atoms with Crippen LogP contribution in [0.3, 0.4) is 0 Å². The molecule has 0 aliphatic carbocycles. The van der Waals surface area contributed by atoms with Crippen molar-refractivity contribution in [1.29, 1.82) is 0 Å². The average Bonchev–Trinajstić information content (AvgIpc) is 3.03. The van der Waals surface area contributed by atoms with Gasteiger partial charge in [-0.25, -0.2) is 0 Å². The standard InChI is InChI=1S/C11H9ClN6OS/c12-7-1-2-8-10(16-20-15-8)11(7)18-5-6(3-9(18)19)4-14-17-13/h1-2,6H,3-5H2. The molecule has 0 saturated carbocycles. The van der Waals surface area contributed by atoms with E-state index in [2.05, 4.69) is 18.8 Å². The molecule has 2 heterocycles. The number of carbonyl (C=O) groups is 1. The number of benzene rings is 1. The number of rotatable bonds is 3. The minimum atomic E-state index is -0.0365. The molecular formula is C11H9ClN6OS. The van der Waals surface area contributed by atoms with Crippen molar-refractivity contribution in [3.63, 3.8) is 0 Å². The molecule has 1 aromatic heterocycles. The molecule has 1 saturated heterocycles. The molecule has 102 valence electrons. The lowest BCUT2D eigenvalue weighted by Crippen LogP contribution is -2.25. The molecule has 7 nitrogen and oxygen atoms in total. The van der Waals surface area contributed by atoms with Crippen molar-refractivity contribution >= 4 is 46.0 Å². The summed E-state index contributed by atoms with van der Waals surface area (Å²) in [6.45, 7) is 0.788. The van der Waals surface area contributed by atoms with Crippen LogP contribution in [0.1, 0.15) is 6.42 Å². The van der Waals surface area contributed by atoms with Crippen LogP contribution >= 0.6 is 23.3 Å². The van der Waals surface area contributed by atoms with Gasteiger partial charge in [0.2, 0.25) is 5.91 Å². The smallest absolute Gasteiger partial charge is 0.227 e. The summed E-state index contributed by atoms with van der Waals surface area (Å²) in [6, 6.07) is 3.50. The van der Waals surface area contributed by atoms with Crippen molar-refractivity contribution in [3.8, 4) is 0 Å². The third-order valence-electron chi connectivity index (χ3n) is 3.23. The zero-order chi connectivity index (χ0) is 14.1. The number of aromatic nitrogens is 2.